The van der Waals surface area contributed by atoms with E-state index in [0.717, 1.165) is 17.5 Å². The molecule has 0 spiro atoms. The third kappa shape index (κ3) is 1.64. The van der Waals surface area contributed by atoms with Crippen LogP contribution >= 0.6 is 23.4 Å². The predicted molar refractivity (Wildman–Crippen MR) is 50.1 cm³/mol. The molecule has 0 bridgehead atoms. The average molecular weight is 219 g/mol. The summed E-state index contributed by atoms with van der Waals surface area (Å²) in [6.45, 7) is 0.838. The van der Waals surface area contributed by atoms with Crippen molar-refractivity contribution in [1.82, 2.24) is 14.8 Å². The van der Waals surface area contributed by atoms with Crippen molar-refractivity contribution in [2.45, 2.75) is 11.7 Å². The molecular weight excluding hydrogens is 212 g/mol. The fourth-order valence-electron chi connectivity index (χ4n) is 1.08. The van der Waals surface area contributed by atoms with Crippen LogP contribution in [0.4, 0.5) is 5.95 Å². The SMILES string of the molecule is O=C(CCl)Nc1nnc2n1CCS2. The molecule has 0 aliphatic carbocycles. The van der Waals surface area contributed by atoms with Crippen LogP contribution in [-0.4, -0.2) is 32.3 Å². The van der Waals surface area contributed by atoms with Crippen LogP contribution in [0.2, 0.25) is 0 Å². The first kappa shape index (κ1) is 8.83. The largest absolute Gasteiger partial charge is 0.294 e. The van der Waals surface area contributed by atoms with Gasteiger partial charge >= 0.3 is 0 Å². The van der Waals surface area contributed by atoms with Crippen molar-refractivity contribution in [3.05, 3.63) is 0 Å². The van der Waals surface area contributed by atoms with Crippen LogP contribution in [0.5, 0.6) is 0 Å². The second kappa shape index (κ2) is 3.55. The summed E-state index contributed by atoms with van der Waals surface area (Å²) < 4.78 is 1.87. The number of rotatable bonds is 2. The maximum atomic E-state index is 10.9. The number of hydrogen-bond donors (Lipinski definition) is 1. The summed E-state index contributed by atoms with van der Waals surface area (Å²) in [5.41, 5.74) is 0. The number of aromatic nitrogens is 3. The molecule has 70 valence electrons. The van der Waals surface area contributed by atoms with Crippen molar-refractivity contribution in [2.75, 3.05) is 16.9 Å². The van der Waals surface area contributed by atoms with Gasteiger partial charge in [-0.05, 0) is 0 Å². The minimum absolute atomic E-state index is 0.0602. The second-order valence-corrected chi connectivity index (χ2v) is 3.82. The molecule has 1 aromatic rings. The van der Waals surface area contributed by atoms with Gasteiger partial charge in [-0.25, -0.2) is 0 Å². The summed E-state index contributed by atoms with van der Waals surface area (Å²) in [6, 6.07) is 0. The van der Waals surface area contributed by atoms with Crippen LogP contribution in [0, 0.1) is 0 Å². The Morgan fingerprint density at radius 1 is 1.69 bits per heavy atom. The van der Waals surface area contributed by atoms with Crippen LogP contribution < -0.4 is 5.32 Å². The number of halogens is 1. The Morgan fingerprint density at radius 3 is 3.31 bits per heavy atom. The lowest BCUT2D eigenvalue weighted by Gasteiger charge is -2.01. The lowest BCUT2D eigenvalue weighted by Crippen LogP contribution is -2.16. The topological polar surface area (TPSA) is 59.8 Å². The molecule has 0 fully saturated rings. The smallest absolute Gasteiger partial charge is 0.241 e. The summed E-state index contributed by atoms with van der Waals surface area (Å²) in [6.07, 6.45) is 0. The zero-order valence-corrected chi connectivity index (χ0v) is 8.23. The molecule has 1 aromatic heterocycles. The fourth-order valence-corrected chi connectivity index (χ4v) is 2.03. The number of nitrogens with one attached hydrogen (secondary N) is 1. The van der Waals surface area contributed by atoms with Crippen LogP contribution in [-0.2, 0) is 11.3 Å². The molecule has 1 N–H and O–H groups in total. The highest BCUT2D eigenvalue weighted by atomic mass is 35.5. The summed E-state index contributed by atoms with van der Waals surface area (Å²) >= 11 is 6.97. The summed E-state index contributed by atoms with van der Waals surface area (Å²) in [5, 5.41) is 11.2. The lowest BCUT2D eigenvalue weighted by molar-refractivity contribution is -0.114. The molecule has 0 radical (unpaired) electrons. The average Bonchev–Trinajstić information content (AvgIpc) is 2.69. The Hall–Kier alpha value is -0.750. The zero-order valence-electron chi connectivity index (χ0n) is 6.66. The number of carbonyl (C=O) groups excluding carboxylic acids is 1. The summed E-state index contributed by atoms with van der Waals surface area (Å²) in [7, 11) is 0. The molecule has 0 unspecified atom stereocenters. The second-order valence-electron chi connectivity index (χ2n) is 2.49. The molecule has 7 heteroatoms. The number of hydrogen-bond acceptors (Lipinski definition) is 4. The number of carbonyl (C=O) groups is 1. The highest BCUT2D eigenvalue weighted by Crippen LogP contribution is 2.25. The summed E-state index contributed by atoms with van der Waals surface area (Å²) in [5.74, 6) is 1.16. The van der Waals surface area contributed by atoms with E-state index in [1.54, 1.807) is 11.8 Å². The van der Waals surface area contributed by atoms with Gasteiger partial charge in [0.2, 0.25) is 11.9 Å². The van der Waals surface area contributed by atoms with Crippen molar-refractivity contribution in [1.29, 1.82) is 0 Å². The maximum Gasteiger partial charge on any atom is 0.241 e. The number of thioether (sulfide) groups is 1. The van der Waals surface area contributed by atoms with Gasteiger partial charge in [-0.3, -0.25) is 14.7 Å². The number of anilines is 1. The van der Waals surface area contributed by atoms with Crippen LogP contribution in [0.1, 0.15) is 0 Å². The molecule has 1 aliphatic rings. The molecule has 13 heavy (non-hydrogen) atoms. The molecule has 5 nitrogen and oxygen atoms in total. The van der Waals surface area contributed by atoms with Gasteiger partial charge in [0.15, 0.2) is 5.16 Å². The van der Waals surface area contributed by atoms with Gasteiger partial charge in [0.05, 0.1) is 0 Å². The quantitative estimate of drug-likeness (QED) is 0.737. The van der Waals surface area contributed by atoms with E-state index in [9.17, 15) is 4.79 Å². The van der Waals surface area contributed by atoms with E-state index in [0.29, 0.717) is 5.95 Å². The normalized spacial score (nSPS) is 14.2. The lowest BCUT2D eigenvalue weighted by atomic mass is 10.6. The molecule has 1 aliphatic heterocycles. The molecule has 0 aromatic carbocycles. The first-order chi connectivity index (χ1) is 6.31. The Labute approximate surface area is 83.8 Å². The van der Waals surface area contributed by atoms with Crippen molar-refractivity contribution in [3.8, 4) is 0 Å². The molecule has 0 saturated heterocycles. The number of fused-ring (bicyclic) bond motifs is 1. The van der Waals surface area contributed by atoms with Gasteiger partial charge in [0.1, 0.15) is 5.88 Å². The van der Waals surface area contributed by atoms with Crippen molar-refractivity contribution < 1.29 is 4.79 Å². The van der Waals surface area contributed by atoms with Crippen LogP contribution in [0.3, 0.4) is 0 Å². The van der Waals surface area contributed by atoms with Crippen LogP contribution in [0.25, 0.3) is 0 Å². The van der Waals surface area contributed by atoms with Gasteiger partial charge in [-0.15, -0.1) is 21.8 Å². The molecule has 0 saturated carbocycles. The van der Waals surface area contributed by atoms with Gasteiger partial charge in [0, 0.05) is 12.3 Å². The molecule has 2 rings (SSSR count). The third-order valence-electron chi connectivity index (χ3n) is 1.64. The molecule has 0 atom stereocenters. The van der Waals surface area contributed by atoms with Gasteiger partial charge < -0.3 is 0 Å². The Balaban J connectivity index is 2.17. The van der Waals surface area contributed by atoms with E-state index in [1.807, 2.05) is 4.57 Å². The first-order valence-corrected chi connectivity index (χ1v) is 5.25. The fraction of sp³-hybridized carbons (Fsp3) is 0.500. The van der Waals surface area contributed by atoms with E-state index in [2.05, 4.69) is 15.5 Å². The zero-order chi connectivity index (χ0) is 9.26. The van der Waals surface area contributed by atoms with Crippen LogP contribution in [0.15, 0.2) is 5.16 Å². The van der Waals surface area contributed by atoms with Gasteiger partial charge in [0.25, 0.3) is 0 Å². The summed E-state index contributed by atoms with van der Waals surface area (Å²) in [4.78, 5) is 10.9. The molecular formula is C6H7ClN4OS. The van der Waals surface area contributed by atoms with Crippen molar-refractivity contribution in [3.63, 3.8) is 0 Å². The van der Waals surface area contributed by atoms with Crippen molar-refractivity contribution >= 4 is 35.2 Å². The Kier molecular flexibility index (Phi) is 2.41. The Bertz CT molecular complexity index is 339. The van der Waals surface area contributed by atoms with E-state index in [1.165, 1.54) is 0 Å². The minimum atomic E-state index is -0.256. The maximum absolute atomic E-state index is 10.9. The van der Waals surface area contributed by atoms with E-state index >= 15 is 0 Å². The van der Waals surface area contributed by atoms with Crippen molar-refractivity contribution in [2.24, 2.45) is 0 Å². The predicted octanol–water partition coefficient (Wildman–Crippen LogP) is 0.561. The first-order valence-electron chi connectivity index (χ1n) is 3.73. The minimum Gasteiger partial charge on any atom is -0.294 e. The number of nitrogens with zero attached hydrogens (tertiary/aromatic N) is 3. The van der Waals surface area contributed by atoms with E-state index in [4.69, 9.17) is 11.6 Å². The van der Waals surface area contributed by atoms with Gasteiger partial charge in [-0.2, -0.15) is 0 Å². The third-order valence-corrected chi connectivity index (χ3v) is 2.83. The molecule has 1 amide bonds. The monoisotopic (exact) mass is 218 g/mol. The number of amides is 1. The number of alkyl halides is 1. The highest BCUT2D eigenvalue weighted by molar-refractivity contribution is 7.99. The Morgan fingerprint density at radius 2 is 2.54 bits per heavy atom. The standard InChI is InChI=1S/C6H7ClN4OS/c7-3-4(12)8-5-9-10-6-11(5)1-2-13-6/h1-3H2,(H,8,9,12). The van der Waals surface area contributed by atoms with E-state index < -0.39 is 0 Å². The molecule has 2 heterocycles. The van der Waals surface area contributed by atoms with Gasteiger partial charge in [-0.1, -0.05) is 11.8 Å². The van der Waals surface area contributed by atoms with E-state index in [-0.39, 0.29) is 11.8 Å². The highest BCUT2D eigenvalue weighted by Gasteiger charge is 2.18.